The molecule has 0 aromatic carbocycles. The molecule has 31 heavy (non-hydrogen) atoms. The maximum atomic E-state index is 13.0. The van der Waals surface area contributed by atoms with E-state index in [1.165, 1.54) is 37.7 Å². The zero-order chi connectivity index (χ0) is 22.5. The molecule has 1 heterocycles. The molecule has 5 nitrogen and oxygen atoms in total. The van der Waals surface area contributed by atoms with Crippen LogP contribution in [0, 0.1) is 11.3 Å². The van der Waals surface area contributed by atoms with E-state index >= 15 is 0 Å². The summed E-state index contributed by atoms with van der Waals surface area (Å²) in [7, 11) is 0. The maximum Gasteiger partial charge on any atom is 0.330 e. The molecule has 1 aliphatic heterocycles. The van der Waals surface area contributed by atoms with Crippen LogP contribution in [0.2, 0.25) is 0 Å². The van der Waals surface area contributed by atoms with Crippen molar-refractivity contribution in [1.82, 2.24) is 5.32 Å². The highest BCUT2D eigenvalue weighted by Gasteiger charge is 2.45. The second-order valence-electron chi connectivity index (χ2n) is 9.46. The molecule has 0 bridgehead atoms. The Morgan fingerprint density at radius 2 is 1.77 bits per heavy atom. The highest BCUT2D eigenvalue weighted by atomic mass is 16.5. The minimum Gasteiger partial charge on any atom is -0.463 e. The lowest BCUT2D eigenvalue weighted by atomic mass is 9.65. The van der Waals surface area contributed by atoms with Crippen LogP contribution in [0.15, 0.2) is 11.6 Å². The number of ether oxygens (including phenoxy) is 2. The van der Waals surface area contributed by atoms with Gasteiger partial charge in [-0.05, 0) is 58.4 Å². The molecular weight excluding hydrogens is 390 g/mol. The molecule has 0 radical (unpaired) electrons. The van der Waals surface area contributed by atoms with Gasteiger partial charge in [0, 0.05) is 18.0 Å². The van der Waals surface area contributed by atoms with Gasteiger partial charge < -0.3 is 14.8 Å². The molecule has 2 aliphatic rings. The molecule has 1 N–H and O–H groups in total. The van der Waals surface area contributed by atoms with Crippen molar-refractivity contribution in [1.29, 1.82) is 0 Å². The number of rotatable bonds is 12. The van der Waals surface area contributed by atoms with Crippen molar-refractivity contribution in [2.24, 2.45) is 11.3 Å². The van der Waals surface area contributed by atoms with Crippen molar-refractivity contribution in [3.63, 3.8) is 0 Å². The molecule has 0 aromatic rings. The zero-order valence-corrected chi connectivity index (χ0v) is 20.2. The van der Waals surface area contributed by atoms with E-state index in [4.69, 9.17) is 9.47 Å². The van der Waals surface area contributed by atoms with E-state index in [9.17, 15) is 9.59 Å². The zero-order valence-electron chi connectivity index (χ0n) is 20.2. The van der Waals surface area contributed by atoms with E-state index in [1.807, 2.05) is 6.92 Å². The summed E-state index contributed by atoms with van der Waals surface area (Å²) in [6.07, 6.45) is 15.7. The normalized spacial score (nSPS) is 24.6. The first-order chi connectivity index (χ1) is 15.0. The molecule has 0 aromatic heterocycles. The average Bonchev–Trinajstić information content (AvgIpc) is 2.77. The van der Waals surface area contributed by atoms with Gasteiger partial charge in [0.05, 0.1) is 12.5 Å². The summed E-state index contributed by atoms with van der Waals surface area (Å²) in [5, 5.41) is 3.43. The molecule has 2 atom stereocenters. The number of nitrogens with one attached hydrogen (secondary N) is 1. The number of piperidine rings is 1. The van der Waals surface area contributed by atoms with Gasteiger partial charge in [0.15, 0.2) is 0 Å². The minimum atomic E-state index is -0.234. The lowest BCUT2D eigenvalue weighted by molar-refractivity contribution is -0.165. The molecule has 178 valence electrons. The van der Waals surface area contributed by atoms with E-state index in [0.717, 1.165) is 64.5 Å². The number of hydrogen-bond acceptors (Lipinski definition) is 5. The summed E-state index contributed by atoms with van der Waals surface area (Å²) in [6.45, 7) is 8.30. The Labute approximate surface area is 189 Å². The molecule has 2 unspecified atom stereocenters. The molecule has 2 fully saturated rings. The van der Waals surface area contributed by atoms with Gasteiger partial charge >= 0.3 is 11.9 Å². The van der Waals surface area contributed by atoms with Gasteiger partial charge in [0.2, 0.25) is 0 Å². The number of allylic oxidation sites excluding steroid dienone is 1. The molecule has 1 aliphatic carbocycles. The second-order valence-corrected chi connectivity index (χ2v) is 9.46. The van der Waals surface area contributed by atoms with Gasteiger partial charge in [-0.3, -0.25) is 4.79 Å². The molecule has 2 rings (SSSR count). The van der Waals surface area contributed by atoms with Crippen LogP contribution >= 0.6 is 0 Å². The summed E-state index contributed by atoms with van der Waals surface area (Å²) < 4.78 is 11.2. The predicted octanol–water partition coefficient (Wildman–Crippen LogP) is 5.72. The van der Waals surface area contributed by atoms with Gasteiger partial charge in [-0.2, -0.15) is 0 Å². The summed E-state index contributed by atoms with van der Waals surface area (Å²) in [5.41, 5.74) is 1.22. The maximum absolute atomic E-state index is 13.0. The van der Waals surface area contributed by atoms with Crippen LogP contribution in [0.1, 0.15) is 104 Å². The minimum absolute atomic E-state index is 0.00278. The van der Waals surface area contributed by atoms with Crippen LogP contribution in [0.25, 0.3) is 0 Å². The third kappa shape index (κ3) is 8.25. The first-order valence-electron chi connectivity index (χ1n) is 12.8. The fourth-order valence-corrected chi connectivity index (χ4v) is 5.15. The molecule has 1 saturated carbocycles. The van der Waals surface area contributed by atoms with E-state index in [-0.39, 0.29) is 29.4 Å². The van der Waals surface area contributed by atoms with Crippen LogP contribution in [0.3, 0.4) is 0 Å². The van der Waals surface area contributed by atoms with E-state index in [1.54, 1.807) is 6.08 Å². The lowest BCUT2D eigenvalue weighted by Crippen LogP contribution is -2.52. The van der Waals surface area contributed by atoms with E-state index in [2.05, 4.69) is 19.2 Å². The third-order valence-electron chi connectivity index (χ3n) is 7.30. The number of hydrogen-bond donors (Lipinski definition) is 1. The fourth-order valence-electron chi connectivity index (χ4n) is 5.15. The Morgan fingerprint density at radius 1 is 1.06 bits per heavy atom. The SMILES string of the molecule is CCCCCCCCC(CC)C(=O)OC1CNCCC12CCC(=CC(=O)OCC)CC2. The van der Waals surface area contributed by atoms with Gasteiger partial charge in [0.25, 0.3) is 0 Å². The highest BCUT2D eigenvalue weighted by molar-refractivity contribution is 5.82. The lowest BCUT2D eigenvalue weighted by Gasteiger charge is -2.47. The van der Waals surface area contributed by atoms with Crippen LogP contribution < -0.4 is 5.32 Å². The van der Waals surface area contributed by atoms with Crippen molar-refractivity contribution < 1.29 is 19.1 Å². The topological polar surface area (TPSA) is 64.6 Å². The Kier molecular flexibility index (Phi) is 11.6. The van der Waals surface area contributed by atoms with Crippen molar-refractivity contribution in [3.8, 4) is 0 Å². The summed E-state index contributed by atoms with van der Waals surface area (Å²) >= 11 is 0. The molecular formula is C26H45NO4. The standard InChI is InChI=1S/C26H45NO4/c1-4-7-8-9-10-11-12-22(5-2)25(29)31-23-20-27-18-17-26(23)15-13-21(14-16-26)19-24(28)30-6-3/h19,22-23,27H,4-18,20H2,1-3H3. The fraction of sp³-hybridized carbons (Fsp3) is 0.846. The molecule has 1 spiro atoms. The second kappa shape index (κ2) is 13.9. The van der Waals surface area contributed by atoms with Crippen molar-refractivity contribution in [2.45, 2.75) is 110 Å². The largest absolute Gasteiger partial charge is 0.463 e. The Hall–Kier alpha value is -1.36. The monoisotopic (exact) mass is 435 g/mol. The number of carbonyl (C=O) groups excluding carboxylic acids is 2. The Bertz CT molecular complexity index is 576. The van der Waals surface area contributed by atoms with E-state index < -0.39 is 0 Å². The third-order valence-corrected chi connectivity index (χ3v) is 7.30. The van der Waals surface area contributed by atoms with Crippen molar-refractivity contribution >= 4 is 11.9 Å². The van der Waals surface area contributed by atoms with E-state index in [0.29, 0.717) is 6.61 Å². The van der Waals surface area contributed by atoms with Crippen LogP contribution in [0.5, 0.6) is 0 Å². The first kappa shape index (κ1) is 25.9. The van der Waals surface area contributed by atoms with Crippen LogP contribution in [0.4, 0.5) is 0 Å². The van der Waals surface area contributed by atoms with Gasteiger partial charge in [-0.15, -0.1) is 0 Å². The number of unbranched alkanes of at least 4 members (excludes halogenated alkanes) is 5. The van der Waals surface area contributed by atoms with Crippen molar-refractivity contribution in [2.75, 3.05) is 19.7 Å². The van der Waals surface area contributed by atoms with Crippen molar-refractivity contribution in [3.05, 3.63) is 11.6 Å². The smallest absolute Gasteiger partial charge is 0.330 e. The van der Waals surface area contributed by atoms with Crippen LogP contribution in [-0.4, -0.2) is 37.7 Å². The summed E-state index contributed by atoms with van der Waals surface area (Å²) in [5.74, 6) is -0.216. The highest BCUT2D eigenvalue weighted by Crippen LogP contribution is 2.46. The molecule has 0 amide bonds. The average molecular weight is 436 g/mol. The molecule has 5 heteroatoms. The first-order valence-corrected chi connectivity index (χ1v) is 12.8. The number of esters is 2. The quantitative estimate of drug-likeness (QED) is 0.241. The van der Waals surface area contributed by atoms with Gasteiger partial charge in [-0.25, -0.2) is 4.79 Å². The van der Waals surface area contributed by atoms with Gasteiger partial charge in [-0.1, -0.05) is 57.9 Å². The Morgan fingerprint density at radius 3 is 2.45 bits per heavy atom. The predicted molar refractivity (Wildman–Crippen MR) is 125 cm³/mol. The number of carbonyl (C=O) groups is 2. The van der Waals surface area contributed by atoms with Crippen LogP contribution in [-0.2, 0) is 19.1 Å². The summed E-state index contributed by atoms with van der Waals surface area (Å²) in [4.78, 5) is 24.8. The summed E-state index contributed by atoms with van der Waals surface area (Å²) in [6, 6.07) is 0. The van der Waals surface area contributed by atoms with Gasteiger partial charge in [0.1, 0.15) is 6.10 Å². The Balaban J connectivity index is 1.87. The molecule has 1 saturated heterocycles.